The minimum absolute atomic E-state index is 0.243. The van der Waals surface area contributed by atoms with Crippen molar-refractivity contribution < 1.29 is 9.90 Å². The van der Waals surface area contributed by atoms with Crippen LogP contribution in [0.4, 0.5) is 10.5 Å². The Labute approximate surface area is 164 Å². The number of β-amino-alcohol motifs (C(OH)–C–C–N with tert-alkyl or cyclic N) is 1. The number of carbonyl (C=O) groups is 1. The van der Waals surface area contributed by atoms with Gasteiger partial charge in [0.1, 0.15) is 0 Å². The summed E-state index contributed by atoms with van der Waals surface area (Å²) < 4.78 is 0. The molecule has 6 nitrogen and oxygen atoms in total. The van der Waals surface area contributed by atoms with E-state index in [1.165, 1.54) is 0 Å². The maximum absolute atomic E-state index is 12.0. The minimum Gasteiger partial charge on any atom is -0.387 e. The Bertz CT molecular complexity index is 719. The largest absolute Gasteiger partial charge is 0.387 e. The van der Waals surface area contributed by atoms with Gasteiger partial charge < -0.3 is 21.1 Å². The van der Waals surface area contributed by atoms with Gasteiger partial charge in [-0.25, -0.2) is 4.79 Å². The van der Waals surface area contributed by atoms with Crippen LogP contribution >= 0.6 is 11.8 Å². The summed E-state index contributed by atoms with van der Waals surface area (Å²) in [6.07, 6.45) is 4.35. The zero-order valence-electron chi connectivity index (χ0n) is 15.3. The van der Waals surface area contributed by atoms with E-state index in [1.54, 1.807) is 11.8 Å². The molecule has 7 heteroatoms. The van der Waals surface area contributed by atoms with Gasteiger partial charge in [0, 0.05) is 41.3 Å². The van der Waals surface area contributed by atoms with Crippen LogP contribution in [0.15, 0.2) is 53.6 Å². The van der Waals surface area contributed by atoms with E-state index in [0.717, 1.165) is 41.4 Å². The maximum Gasteiger partial charge on any atom is 0.319 e. The van der Waals surface area contributed by atoms with E-state index in [9.17, 15) is 9.90 Å². The number of aliphatic hydroxyl groups is 1. The number of hydrogen-bond acceptors (Lipinski definition) is 5. The van der Waals surface area contributed by atoms with Crippen molar-refractivity contribution in [3.8, 4) is 0 Å². The number of thioether (sulfide) groups is 1. The Hall–Kier alpha value is -2.09. The van der Waals surface area contributed by atoms with Gasteiger partial charge in [-0.05, 0) is 62.2 Å². The van der Waals surface area contributed by atoms with E-state index in [4.69, 9.17) is 0 Å². The van der Waals surface area contributed by atoms with Gasteiger partial charge in [-0.1, -0.05) is 6.07 Å². The molecule has 1 saturated heterocycles. The number of aromatic nitrogens is 1. The highest BCUT2D eigenvalue weighted by molar-refractivity contribution is 7.99. The Morgan fingerprint density at radius 3 is 2.81 bits per heavy atom. The fraction of sp³-hybridized carbons (Fsp3) is 0.400. The fourth-order valence-electron chi connectivity index (χ4n) is 2.98. The summed E-state index contributed by atoms with van der Waals surface area (Å²) in [5, 5.41) is 19.1. The van der Waals surface area contributed by atoms with Crippen LogP contribution < -0.4 is 16.0 Å². The monoisotopic (exact) mass is 386 g/mol. The van der Waals surface area contributed by atoms with Gasteiger partial charge in [0.2, 0.25) is 0 Å². The number of rotatable bonds is 7. The molecule has 2 aromatic rings. The van der Waals surface area contributed by atoms with Crippen LogP contribution in [0.5, 0.6) is 0 Å². The summed E-state index contributed by atoms with van der Waals surface area (Å²) in [5.41, 5.74) is 0.967. The molecule has 0 spiro atoms. The molecule has 2 heterocycles. The van der Waals surface area contributed by atoms with Crippen molar-refractivity contribution in [3.05, 3.63) is 54.4 Å². The number of nitrogens with one attached hydrogen (secondary N) is 3. The van der Waals surface area contributed by atoms with Gasteiger partial charge in [0.15, 0.2) is 0 Å². The molecular formula is C20H26N4O2S. The molecule has 27 heavy (non-hydrogen) atoms. The first-order valence-corrected chi connectivity index (χ1v) is 10.2. The van der Waals surface area contributed by atoms with Gasteiger partial charge in [0.05, 0.1) is 5.60 Å². The predicted octanol–water partition coefficient (Wildman–Crippen LogP) is 2.65. The van der Waals surface area contributed by atoms with Crippen LogP contribution in [0.3, 0.4) is 0 Å². The molecule has 144 valence electrons. The zero-order chi connectivity index (χ0) is 19.0. The third kappa shape index (κ3) is 6.53. The lowest BCUT2D eigenvalue weighted by Crippen LogP contribution is -2.53. The Balaban J connectivity index is 1.39. The molecule has 2 amide bonds. The van der Waals surface area contributed by atoms with Crippen LogP contribution in [0.25, 0.3) is 0 Å². The van der Waals surface area contributed by atoms with E-state index in [2.05, 4.69) is 20.9 Å². The molecule has 0 bridgehead atoms. The number of nitrogens with zero attached hydrogens (tertiary/aromatic N) is 1. The summed E-state index contributed by atoms with van der Waals surface area (Å²) in [5.74, 6) is 0.955. The molecule has 4 N–H and O–H groups in total. The van der Waals surface area contributed by atoms with Crippen molar-refractivity contribution in [2.75, 3.05) is 30.7 Å². The Kier molecular flexibility index (Phi) is 7.09. The molecule has 1 fully saturated rings. The fourth-order valence-corrected chi connectivity index (χ4v) is 3.85. The van der Waals surface area contributed by atoms with E-state index in [-0.39, 0.29) is 12.6 Å². The molecule has 1 aliphatic rings. The number of amides is 2. The van der Waals surface area contributed by atoms with Crippen molar-refractivity contribution in [2.24, 2.45) is 0 Å². The molecule has 1 aliphatic heterocycles. The van der Waals surface area contributed by atoms with Gasteiger partial charge in [-0.3, -0.25) is 4.98 Å². The number of carbonyl (C=O) groups excluding carboxylic acids is 1. The smallest absolute Gasteiger partial charge is 0.319 e. The number of anilines is 1. The number of aryl methyl sites for hydroxylation is 1. The first-order valence-electron chi connectivity index (χ1n) is 9.24. The summed E-state index contributed by atoms with van der Waals surface area (Å²) in [6, 6.07) is 13.4. The van der Waals surface area contributed by atoms with E-state index in [0.29, 0.717) is 13.0 Å². The van der Waals surface area contributed by atoms with Crippen molar-refractivity contribution in [3.63, 3.8) is 0 Å². The Morgan fingerprint density at radius 1 is 1.26 bits per heavy atom. The summed E-state index contributed by atoms with van der Waals surface area (Å²) in [7, 11) is 0. The van der Waals surface area contributed by atoms with Gasteiger partial charge >= 0.3 is 6.03 Å². The number of hydrogen-bond donors (Lipinski definition) is 4. The molecule has 0 saturated carbocycles. The quantitative estimate of drug-likeness (QED) is 0.550. The number of piperidine rings is 1. The van der Waals surface area contributed by atoms with Crippen molar-refractivity contribution in [1.82, 2.24) is 15.6 Å². The topological polar surface area (TPSA) is 86.3 Å². The van der Waals surface area contributed by atoms with Gasteiger partial charge in [-0.2, -0.15) is 0 Å². The number of benzene rings is 1. The van der Waals surface area contributed by atoms with E-state index in [1.807, 2.05) is 48.7 Å². The van der Waals surface area contributed by atoms with Crippen LogP contribution in [0.1, 0.15) is 18.5 Å². The SMILES string of the molecule is O=C(NC[C@]1(O)CCCNC1)Nc1ccc(SCCc2ccccn2)cc1. The molecule has 1 atom stereocenters. The van der Waals surface area contributed by atoms with Crippen LogP contribution in [0, 0.1) is 0 Å². The summed E-state index contributed by atoms with van der Waals surface area (Å²) >= 11 is 1.76. The van der Waals surface area contributed by atoms with Crippen molar-refractivity contribution >= 4 is 23.5 Å². The average Bonchev–Trinajstić information content (AvgIpc) is 2.69. The molecule has 3 rings (SSSR count). The van der Waals surface area contributed by atoms with Crippen molar-refractivity contribution in [2.45, 2.75) is 29.8 Å². The minimum atomic E-state index is -0.857. The molecular weight excluding hydrogens is 360 g/mol. The van der Waals surface area contributed by atoms with Gasteiger partial charge in [-0.15, -0.1) is 11.8 Å². The molecule has 1 aromatic heterocycles. The van der Waals surface area contributed by atoms with E-state index >= 15 is 0 Å². The first kappa shape index (κ1) is 19.7. The van der Waals surface area contributed by atoms with Crippen molar-refractivity contribution in [1.29, 1.82) is 0 Å². The molecule has 0 radical (unpaired) electrons. The second-order valence-corrected chi connectivity index (χ2v) is 7.92. The lowest BCUT2D eigenvalue weighted by Gasteiger charge is -2.32. The molecule has 0 aliphatic carbocycles. The zero-order valence-corrected chi connectivity index (χ0v) is 16.1. The lowest BCUT2D eigenvalue weighted by molar-refractivity contribution is 0.0198. The third-order valence-corrected chi connectivity index (χ3v) is 5.51. The van der Waals surface area contributed by atoms with Crippen LogP contribution in [0.2, 0.25) is 0 Å². The Morgan fingerprint density at radius 2 is 2.11 bits per heavy atom. The molecule has 0 unspecified atom stereocenters. The summed E-state index contributed by atoms with van der Waals surface area (Å²) in [4.78, 5) is 17.5. The molecule has 1 aromatic carbocycles. The average molecular weight is 387 g/mol. The van der Waals surface area contributed by atoms with E-state index < -0.39 is 5.60 Å². The highest BCUT2D eigenvalue weighted by Gasteiger charge is 2.29. The summed E-state index contributed by atoms with van der Waals surface area (Å²) in [6.45, 7) is 1.67. The predicted molar refractivity (Wildman–Crippen MR) is 109 cm³/mol. The standard InChI is InChI=1S/C20H26N4O2S/c25-19(23-15-20(26)10-3-11-21-14-20)24-17-5-7-18(8-6-17)27-13-9-16-4-1-2-12-22-16/h1-2,4-8,12,21,26H,3,9-11,13-15H2,(H2,23,24,25)/t20-/m0/s1. The first-order chi connectivity index (χ1) is 13.1. The number of urea groups is 1. The highest BCUT2D eigenvalue weighted by atomic mass is 32.2. The second kappa shape index (κ2) is 9.73. The van der Waals surface area contributed by atoms with Crippen LogP contribution in [-0.4, -0.2) is 47.1 Å². The normalized spacial score (nSPS) is 19.4. The van der Waals surface area contributed by atoms with Crippen LogP contribution in [-0.2, 0) is 6.42 Å². The van der Waals surface area contributed by atoms with Gasteiger partial charge in [0.25, 0.3) is 0 Å². The highest BCUT2D eigenvalue weighted by Crippen LogP contribution is 2.21. The maximum atomic E-state index is 12.0. The second-order valence-electron chi connectivity index (χ2n) is 6.76. The third-order valence-electron chi connectivity index (χ3n) is 4.49. The number of pyridine rings is 1. The lowest BCUT2D eigenvalue weighted by atomic mass is 9.94.